The number of pyridine rings is 1. The third kappa shape index (κ3) is 2.57. The molecule has 0 fully saturated rings. The summed E-state index contributed by atoms with van der Waals surface area (Å²) in [6.07, 6.45) is 1.73. The maximum atomic E-state index is 6.11. The van der Waals surface area contributed by atoms with Gasteiger partial charge in [0.05, 0.1) is 5.02 Å². The summed E-state index contributed by atoms with van der Waals surface area (Å²) >= 11 is 6.11. The number of aromatic nitrogens is 1. The lowest BCUT2D eigenvalue weighted by atomic mass is 10.2. The molecule has 3 nitrogen and oxygen atoms in total. The lowest BCUT2D eigenvalue weighted by molar-refractivity contribution is 1.06. The first-order chi connectivity index (χ1) is 8.22. The Kier molecular flexibility index (Phi) is 3.61. The number of anilines is 2. The smallest absolute Gasteiger partial charge is 0.151 e. The van der Waals surface area contributed by atoms with Crippen molar-refractivity contribution in [3.63, 3.8) is 0 Å². The van der Waals surface area contributed by atoms with Gasteiger partial charge in [-0.25, -0.2) is 4.98 Å². The molecule has 0 aliphatic rings. The van der Waals surface area contributed by atoms with E-state index < -0.39 is 0 Å². The van der Waals surface area contributed by atoms with Crippen LogP contribution in [0.15, 0.2) is 42.6 Å². The molecule has 88 valence electrons. The van der Waals surface area contributed by atoms with E-state index in [2.05, 4.69) is 4.98 Å². The highest BCUT2D eigenvalue weighted by Crippen LogP contribution is 2.28. The first kappa shape index (κ1) is 11.9. The molecule has 1 heterocycles. The fourth-order valence-electron chi connectivity index (χ4n) is 1.64. The molecule has 2 aromatic rings. The van der Waals surface area contributed by atoms with E-state index in [0.29, 0.717) is 11.6 Å². The molecule has 0 saturated carbocycles. The standard InChI is InChI=1S/C13H14ClN3/c1-17(13-12(14)6-3-7-16-13)11-5-2-4-10(8-11)9-15/h2-8H,9,15H2,1H3. The summed E-state index contributed by atoms with van der Waals surface area (Å²) in [5.41, 5.74) is 7.73. The Bertz CT molecular complexity index is 514. The summed E-state index contributed by atoms with van der Waals surface area (Å²) in [4.78, 5) is 6.22. The average Bonchev–Trinajstić information content (AvgIpc) is 2.38. The molecule has 0 amide bonds. The highest BCUT2D eigenvalue weighted by molar-refractivity contribution is 6.33. The molecule has 0 aliphatic carbocycles. The van der Waals surface area contributed by atoms with Crippen molar-refractivity contribution in [3.05, 3.63) is 53.2 Å². The zero-order valence-corrected chi connectivity index (χ0v) is 10.4. The van der Waals surface area contributed by atoms with E-state index in [0.717, 1.165) is 17.1 Å². The second-order valence-electron chi connectivity index (χ2n) is 3.74. The van der Waals surface area contributed by atoms with E-state index >= 15 is 0 Å². The zero-order chi connectivity index (χ0) is 12.3. The van der Waals surface area contributed by atoms with Crippen LogP contribution in [0.1, 0.15) is 5.56 Å². The number of rotatable bonds is 3. The first-order valence-corrected chi connectivity index (χ1v) is 5.73. The van der Waals surface area contributed by atoms with Crippen molar-refractivity contribution < 1.29 is 0 Å². The van der Waals surface area contributed by atoms with Gasteiger partial charge >= 0.3 is 0 Å². The van der Waals surface area contributed by atoms with Crippen LogP contribution in [0, 0.1) is 0 Å². The van der Waals surface area contributed by atoms with Crippen molar-refractivity contribution in [1.29, 1.82) is 0 Å². The second-order valence-corrected chi connectivity index (χ2v) is 4.15. The predicted octanol–water partition coefficient (Wildman–Crippen LogP) is 2.96. The van der Waals surface area contributed by atoms with Gasteiger partial charge in [0.15, 0.2) is 5.82 Å². The average molecular weight is 248 g/mol. The lowest BCUT2D eigenvalue weighted by Crippen LogP contribution is -2.12. The SMILES string of the molecule is CN(c1cccc(CN)c1)c1ncccc1Cl. The quantitative estimate of drug-likeness (QED) is 0.907. The molecule has 0 spiro atoms. The Morgan fingerprint density at radius 2 is 2.12 bits per heavy atom. The Hall–Kier alpha value is -1.58. The molecule has 4 heteroatoms. The van der Waals surface area contributed by atoms with E-state index in [1.165, 1.54) is 0 Å². The van der Waals surface area contributed by atoms with Crippen LogP contribution in [-0.2, 0) is 6.54 Å². The Morgan fingerprint density at radius 1 is 1.29 bits per heavy atom. The van der Waals surface area contributed by atoms with Crippen molar-refractivity contribution in [2.24, 2.45) is 5.73 Å². The Balaban J connectivity index is 2.37. The van der Waals surface area contributed by atoms with Gasteiger partial charge in [-0.15, -0.1) is 0 Å². The first-order valence-electron chi connectivity index (χ1n) is 5.35. The highest BCUT2D eigenvalue weighted by Gasteiger charge is 2.09. The summed E-state index contributed by atoms with van der Waals surface area (Å²) in [6, 6.07) is 11.7. The maximum Gasteiger partial charge on any atom is 0.151 e. The number of nitrogens with two attached hydrogens (primary N) is 1. The second kappa shape index (κ2) is 5.17. The largest absolute Gasteiger partial charge is 0.328 e. The van der Waals surface area contributed by atoms with Crippen LogP contribution in [0.2, 0.25) is 5.02 Å². The predicted molar refractivity (Wildman–Crippen MR) is 71.6 cm³/mol. The van der Waals surface area contributed by atoms with Crippen molar-refractivity contribution in [3.8, 4) is 0 Å². The molecular formula is C13H14ClN3. The van der Waals surface area contributed by atoms with Crippen molar-refractivity contribution >= 4 is 23.1 Å². The monoisotopic (exact) mass is 247 g/mol. The van der Waals surface area contributed by atoms with Gasteiger partial charge in [0.25, 0.3) is 0 Å². The maximum absolute atomic E-state index is 6.11. The van der Waals surface area contributed by atoms with Gasteiger partial charge in [0.2, 0.25) is 0 Å². The number of nitrogens with zero attached hydrogens (tertiary/aromatic N) is 2. The third-order valence-corrected chi connectivity index (χ3v) is 2.89. The summed E-state index contributed by atoms with van der Waals surface area (Å²) in [7, 11) is 1.93. The molecule has 1 aromatic heterocycles. The van der Waals surface area contributed by atoms with Crippen LogP contribution in [0.5, 0.6) is 0 Å². The van der Waals surface area contributed by atoms with E-state index in [1.54, 1.807) is 6.20 Å². The van der Waals surface area contributed by atoms with Gasteiger partial charge < -0.3 is 10.6 Å². The molecule has 0 aliphatic heterocycles. The van der Waals surface area contributed by atoms with Crippen LogP contribution in [0.3, 0.4) is 0 Å². The molecule has 0 unspecified atom stereocenters. The molecule has 2 rings (SSSR count). The van der Waals surface area contributed by atoms with Crippen LogP contribution < -0.4 is 10.6 Å². The van der Waals surface area contributed by atoms with Gasteiger partial charge in [-0.1, -0.05) is 23.7 Å². The van der Waals surface area contributed by atoms with Gasteiger partial charge in [-0.2, -0.15) is 0 Å². The van der Waals surface area contributed by atoms with Gasteiger partial charge in [0, 0.05) is 25.5 Å². The minimum atomic E-state index is 0.525. The molecule has 0 bridgehead atoms. The van der Waals surface area contributed by atoms with Crippen molar-refractivity contribution in [2.75, 3.05) is 11.9 Å². The number of hydrogen-bond acceptors (Lipinski definition) is 3. The highest BCUT2D eigenvalue weighted by atomic mass is 35.5. The minimum absolute atomic E-state index is 0.525. The molecule has 1 aromatic carbocycles. The molecule has 2 N–H and O–H groups in total. The fourth-order valence-corrected chi connectivity index (χ4v) is 1.89. The van der Waals surface area contributed by atoms with E-state index in [-0.39, 0.29) is 0 Å². The number of halogens is 1. The van der Waals surface area contributed by atoms with E-state index in [4.69, 9.17) is 17.3 Å². The lowest BCUT2D eigenvalue weighted by Gasteiger charge is -2.19. The van der Waals surface area contributed by atoms with Gasteiger partial charge in [0.1, 0.15) is 0 Å². The summed E-state index contributed by atoms with van der Waals surface area (Å²) < 4.78 is 0. The minimum Gasteiger partial charge on any atom is -0.328 e. The van der Waals surface area contributed by atoms with E-state index in [9.17, 15) is 0 Å². The molecular weight excluding hydrogens is 234 g/mol. The van der Waals surface area contributed by atoms with Gasteiger partial charge in [-0.3, -0.25) is 0 Å². The molecule has 0 radical (unpaired) electrons. The Labute approximate surface area is 106 Å². The van der Waals surface area contributed by atoms with Crippen LogP contribution in [0.4, 0.5) is 11.5 Å². The number of hydrogen-bond donors (Lipinski definition) is 1. The molecule has 0 saturated heterocycles. The van der Waals surface area contributed by atoms with Gasteiger partial charge in [-0.05, 0) is 29.8 Å². The topological polar surface area (TPSA) is 42.1 Å². The third-order valence-electron chi connectivity index (χ3n) is 2.59. The van der Waals surface area contributed by atoms with E-state index in [1.807, 2.05) is 48.3 Å². The zero-order valence-electron chi connectivity index (χ0n) is 9.60. The van der Waals surface area contributed by atoms with Crippen molar-refractivity contribution in [1.82, 2.24) is 4.98 Å². The molecule has 0 atom stereocenters. The van der Waals surface area contributed by atoms with Crippen LogP contribution >= 0.6 is 11.6 Å². The number of benzene rings is 1. The summed E-state index contributed by atoms with van der Waals surface area (Å²) in [5, 5.41) is 0.633. The van der Waals surface area contributed by atoms with Crippen molar-refractivity contribution in [2.45, 2.75) is 6.54 Å². The normalized spacial score (nSPS) is 10.3. The molecule has 17 heavy (non-hydrogen) atoms. The van der Waals surface area contributed by atoms with Crippen LogP contribution in [0.25, 0.3) is 0 Å². The van der Waals surface area contributed by atoms with Crippen LogP contribution in [-0.4, -0.2) is 12.0 Å². The summed E-state index contributed by atoms with van der Waals surface area (Å²) in [6.45, 7) is 0.525. The summed E-state index contributed by atoms with van der Waals surface area (Å²) in [5.74, 6) is 0.739. The Morgan fingerprint density at radius 3 is 2.82 bits per heavy atom. The fraction of sp³-hybridized carbons (Fsp3) is 0.154.